The van der Waals surface area contributed by atoms with Gasteiger partial charge in [-0.2, -0.15) is 21.0 Å². The minimum atomic E-state index is -0.110. The Labute approximate surface area is 125 Å². The van der Waals surface area contributed by atoms with E-state index in [-0.39, 0.29) is 11.1 Å². The second-order valence-corrected chi connectivity index (χ2v) is 3.93. The van der Waals surface area contributed by atoms with E-state index in [1.165, 1.54) is 22.9 Å². The monoisotopic (exact) mass is 292 g/mol. The quantitative estimate of drug-likeness (QED) is 0.747. The Morgan fingerprint density at radius 1 is 0.750 bits per heavy atom. The fourth-order valence-electron chi connectivity index (χ4n) is 1.55. The van der Waals surface area contributed by atoms with Crippen molar-refractivity contribution >= 4 is 46.3 Å². The van der Waals surface area contributed by atoms with Crippen LogP contribution in [0.2, 0.25) is 0 Å². The van der Waals surface area contributed by atoms with Gasteiger partial charge in [0.25, 0.3) is 0 Å². The number of thiocarbonyl (C=S) groups is 2. The van der Waals surface area contributed by atoms with Crippen molar-refractivity contribution in [3.8, 4) is 24.3 Å². The lowest BCUT2D eigenvalue weighted by molar-refractivity contribution is 1.44. The van der Waals surface area contributed by atoms with Crippen molar-refractivity contribution in [2.45, 2.75) is 0 Å². The highest BCUT2D eigenvalue weighted by molar-refractivity contribution is 7.79. The zero-order valence-corrected chi connectivity index (χ0v) is 11.5. The number of rotatable bonds is 2. The van der Waals surface area contributed by atoms with Gasteiger partial charge in [0.1, 0.15) is 35.4 Å². The summed E-state index contributed by atoms with van der Waals surface area (Å²) in [5.41, 5.74) is 0.607. The summed E-state index contributed by atoms with van der Waals surface area (Å²) in [6, 6.07) is 10.1. The molecule has 0 aliphatic heterocycles. The number of hydrogen-bond donors (Lipinski definition) is 0. The minimum Gasteiger partial charge on any atom is -0.192 e. The number of nitriles is 4. The molecule has 0 atom stereocenters. The summed E-state index contributed by atoms with van der Waals surface area (Å²) in [5.74, 6) is 0. The lowest BCUT2D eigenvalue weighted by Gasteiger charge is -2.00. The molecule has 0 aliphatic carbocycles. The van der Waals surface area contributed by atoms with Crippen LogP contribution in [-0.2, 0) is 0 Å². The summed E-state index contributed by atoms with van der Waals surface area (Å²) in [7, 11) is 0. The van der Waals surface area contributed by atoms with Gasteiger partial charge in [0.2, 0.25) is 0 Å². The van der Waals surface area contributed by atoms with Gasteiger partial charge in [0.15, 0.2) is 0 Å². The van der Waals surface area contributed by atoms with Crippen molar-refractivity contribution in [2.24, 2.45) is 0 Å². The SMILES string of the molecule is N#CC(C#N)=c1cc(C=S)c(=C(C#N)C#N)cc1C=S. The first-order valence-corrected chi connectivity index (χ1v) is 6.04. The molecule has 92 valence electrons. The molecule has 0 aromatic heterocycles. The molecule has 0 radical (unpaired) electrons. The standard InChI is InChI=1S/C14H4N4S2/c15-3-11(4-16)13-1-9(7-19)14(2-10(13)8-20)12(5-17)6-18/h1-2,7-8H. The average Bonchev–Trinajstić information content (AvgIpc) is 2.50. The van der Waals surface area contributed by atoms with Crippen molar-refractivity contribution in [1.82, 2.24) is 0 Å². The van der Waals surface area contributed by atoms with E-state index in [2.05, 4.69) is 0 Å². The van der Waals surface area contributed by atoms with Gasteiger partial charge in [-0.1, -0.05) is 24.4 Å². The lowest BCUT2D eigenvalue weighted by Crippen LogP contribution is -2.22. The molecule has 1 aromatic carbocycles. The third-order valence-electron chi connectivity index (χ3n) is 2.46. The highest BCUT2D eigenvalue weighted by Gasteiger charge is 2.06. The van der Waals surface area contributed by atoms with Gasteiger partial charge in [-0.15, -0.1) is 0 Å². The van der Waals surface area contributed by atoms with Crippen LogP contribution in [0.3, 0.4) is 0 Å². The average molecular weight is 292 g/mol. The molecule has 0 saturated carbocycles. The molecule has 0 N–H and O–H groups in total. The Morgan fingerprint density at radius 3 is 1.25 bits per heavy atom. The zero-order chi connectivity index (χ0) is 15.1. The van der Waals surface area contributed by atoms with Crippen molar-refractivity contribution in [3.63, 3.8) is 0 Å². The van der Waals surface area contributed by atoms with Crippen molar-refractivity contribution < 1.29 is 0 Å². The maximum atomic E-state index is 8.93. The Morgan fingerprint density at radius 2 is 1.05 bits per heavy atom. The van der Waals surface area contributed by atoms with Crippen molar-refractivity contribution in [1.29, 1.82) is 21.0 Å². The van der Waals surface area contributed by atoms with Crippen LogP contribution in [0.15, 0.2) is 12.1 Å². The molecule has 0 unspecified atom stereocenters. The first-order chi connectivity index (χ1) is 9.66. The van der Waals surface area contributed by atoms with Gasteiger partial charge < -0.3 is 0 Å². The largest absolute Gasteiger partial charge is 0.192 e. The van der Waals surface area contributed by atoms with Crippen LogP contribution in [0, 0.1) is 45.3 Å². The van der Waals surface area contributed by atoms with Gasteiger partial charge >= 0.3 is 0 Å². The van der Waals surface area contributed by atoms with Crippen LogP contribution in [0.1, 0.15) is 11.1 Å². The van der Waals surface area contributed by atoms with Crippen molar-refractivity contribution in [3.05, 3.63) is 33.7 Å². The number of hydrogen-bond acceptors (Lipinski definition) is 6. The molecule has 1 rings (SSSR count). The summed E-state index contributed by atoms with van der Waals surface area (Å²) in [5, 5.41) is 39.0. The van der Waals surface area contributed by atoms with Crippen LogP contribution in [0.4, 0.5) is 0 Å². The van der Waals surface area contributed by atoms with Crippen LogP contribution in [0.25, 0.3) is 11.1 Å². The molecular weight excluding hydrogens is 288 g/mol. The Kier molecular flexibility index (Phi) is 5.21. The van der Waals surface area contributed by atoms with Crippen molar-refractivity contribution in [2.75, 3.05) is 0 Å². The van der Waals surface area contributed by atoms with E-state index in [0.717, 1.165) is 0 Å². The maximum absolute atomic E-state index is 8.93. The first-order valence-electron chi connectivity index (χ1n) is 5.10. The Balaban J connectivity index is 4.17. The highest BCUT2D eigenvalue weighted by atomic mass is 32.1. The molecule has 20 heavy (non-hydrogen) atoms. The van der Waals surface area contributed by atoms with E-state index >= 15 is 0 Å². The molecule has 0 bridgehead atoms. The Bertz CT molecular complexity index is 776. The Hall–Kier alpha value is -2.90. The minimum absolute atomic E-state index is 0.110. The van der Waals surface area contributed by atoms with Gasteiger partial charge in [-0.05, 0) is 23.3 Å². The topological polar surface area (TPSA) is 95.2 Å². The van der Waals surface area contributed by atoms with E-state index in [1.807, 2.05) is 0 Å². The molecule has 1 aromatic rings. The highest BCUT2D eigenvalue weighted by Crippen LogP contribution is 1.97. The van der Waals surface area contributed by atoms with Gasteiger partial charge in [-0.3, -0.25) is 0 Å². The molecule has 0 saturated heterocycles. The molecule has 0 fully saturated rings. The summed E-state index contributed by atoms with van der Waals surface area (Å²) in [4.78, 5) is 0. The maximum Gasteiger partial charge on any atom is 0.137 e. The molecule has 0 heterocycles. The molecule has 0 aliphatic rings. The third-order valence-corrected chi connectivity index (χ3v) is 2.97. The second kappa shape index (κ2) is 6.88. The predicted octanol–water partition coefficient (Wildman–Crippen LogP) is 0.778. The van der Waals surface area contributed by atoms with E-state index in [0.29, 0.717) is 21.6 Å². The zero-order valence-electron chi connectivity index (χ0n) is 9.91. The van der Waals surface area contributed by atoms with Crippen LogP contribution in [-0.4, -0.2) is 10.7 Å². The second-order valence-electron chi connectivity index (χ2n) is 3.46. The normalized spacial score (nSPS) is 8.20. The van der Waals surface area contributed by atoms with Crippen LogP contribution >= 0.6 is 24.4 Å². The predicted molar refractivity (Wildman–Crippen MR) is 80.5 cm³/mol. The molecule has 4 nitrogen and oxygen atoms in total. The molecule has 0 spiro atoms. The van der Waals surface area contributed by atoms with E-state index < -0.39 is 0 Å². The molecular formula is C14H4N4S2. The number of nitrogens with zero attached hydrogens (tertiary/aromatic N) is 4. The third kappa shape index (κ3) is 2.74. The van der Waals surface area contributed by atoms with E-state index in [1.54, 1.807) is 24.3 Å². The summed E-state index contributed by atoms with van der Waals surface area (Å²) < 4.78 is 0. The van der Waals surface area contributed by atoms with E-state index in [4.69, 9.17) is 45.5 Å². The van der Waals surface area contributed by atoms with Gasteiger partial charge in [0, 0.05) is 21.2 Å². The van der Waals surface area contributed by atoms with Gasteiger partial charge in [0.05, 0.1) is 0 Å². The summed E-state index contributed by atoms with van der Waals surface area (Å²) in [6.45, 7) is 0. The molecule has 0 amide bonds. The lowest BCUT2D eigenvalue weighted by atomic mass is 10.0. The van der Waals surface area contributed by atoms with Crippen LogP contribution < -0.4 is 10.4 Å². The van der Waals surface area contributed by atoms with Gasteiger partial charge in [-0.25, -0.2) is 0 Å². The fourth-order valence-corrected chi connectivity index (χ4v) is 1.94. The van der Waals surface area contributed by atoms with E-state index in [9.17, 15) is 0 Å². The first kappa shape index (κ1) is 15.2. The molecule has 6 heteroatoms. The smallest absolute Gasteiger partial charge is 0.137 e. The fraction of sp³-hybridized carbons (Fsp3) is 0. The summed E-state index contributed by atoms with van der Waals surface area (Å²) in [6.07, 6.45) is 0. The van der Waals surface area contributed by atoms with Crippen LogP contribution in [0.5, 0.6) is 0 Å². The summed E-state index contributed by atoms with van der Waals surface area (Å²) >= 11 is 9.70. The number of benzene rings is 1.